The molecule has 0 atom stereocenters. The lowest BCUT2D eigenvalue weighted by molar-refractivity contribution is -0.137. The molecule has 120 valence electrons. The molecular formula is C15H17F3N2O2. The Kier molecular flexibility index (Phi) is 5.80. The SMILES string of the molecule is CC(C)(C)OC(=O)NCCC#Cc1ccc(C(F)(F)F)cn1. The van der Waals surface area contributed by atoms with Gasteiger partial charge in [-0.3, -0.25) is 0 Å². The second-order valence-electron chi connectivity index (χ2n) is 5.41. The normalized spacial score (nSPS) is 11.4. The van der Waals surface area contributed by atoms with Gasteiger partial charge in [0.25, 0.3) is 0 Å². The molecule has 4 nitrogen and oxygen atoms in total. The number of pyridine rings is 1. The third-order valence-electron chi connectivity index (χ3n) is 2.23. The van der Waals surface area contributed by atoms with Gasteiger partial charge in [-0.05, 0) is 38.8 Å². The minimum Gasteiger partial charge on any atom is -0.444 e. The van der Waals surface area contributed by atoms with Crippen LogP contribution in [0.15, 0.2) is 18.3 Å². The molecule has 7 heteroatoms. The molecule has 0 unspecified atom stereocenters. The minimum atomic E-state index is -4.41. The first-order valence-corrected chi connectivity index (χ1v) is 6.57. The van der Waals surface area contributed by atoms with Crippen LogP contribution >= 0.6 is 0 Å². The number of amides is 1. The molecule has 22 heavy (non-hydrogen) atoms. The Labute approximate surface area is 127 Å². The first-order chi connectivity index (χ1) is 10.1. The lowest BCUT2D eigenvalue weighted by atomic mass is 10.2. The highest BCUT2D eigenvalue weighted by Gasteiger charge is 2.30. The standard InChI is InChI=1S/C15H17F3N2O2/c1-14(2,3)22-13(21)19-9-5-4-6-12-8-7-11(10-20-12)15(16,17)18/h7-8,10H,5,9H2,1-3H3,(H,19,21). The fourth-order valence-electron chi connectivity index (χ4n) is 1.33. The number of hydrogen-bond acceptors (Lipinski definition) is 3. The fraction of sp³-hybridized carbons (Fsp3) is 0.467. The molecule has 1 heterocycles. The number of rotatable bonds is 2. The second-order valence-corrected chi connectivity index (χ2v) is 5.41. The van der Waals surface area contributed by atoms with Gasteiger partial charge < -0.3 is 10.1 Å². The number of alkyl halides is 3. The molecule has 1 aromatic heterocycles. The van der Waals surface area contributed by atoms with Crippen molar-refractivity contribution in [1.29, 1.82) is 0 Å². The van der Waals surface area contributed by atoms with Gasteiger partial charge in [0.05, 0.1) is 5.56 Å². The topological polar surface area (TPSA) is 51.2 Å². The molecule has 0 spiro atoms. The molecule has 1 rings (SSSR count). The molecule has 0 saturated heterocycles. The summed E-state index contributed by atoms with van der Waals surface area (Å²) in [6.45, 7) is 5.54. The van der Waals surface area contributed by atoms with Crippen LogP contribution < -0.4 is 5.32 Å². The van der Waals surface area contributed by atoms with Crippen molar-refractivity contribution in [2.45, 2.75) is 39.0 Å². The van der Waals surface area contributed by atoms with Crippen molar-refractivity contribution >= 4 is 6.09 Å². The summed E-state index contributed by atoms with van der Waals surface area (Å²) in [4.78, 5) is 14.9. The zero-order valence-electron chi connectivity index (χ0n) is 12.5. The van der Waals surface area contributed by atoms with E-state index >= 15 is 0 Å². The van der Waals surface area contributed by atoms with Crippen LogP contribution in [0.1, 0.15) is 38.4 Å². The van der Waals surface area contributed by atoms with Crippen molar-refractivity contribution in [1.82, 2.24) is 10.3 Å². The van der Waals surface area contributed by atoms with Gasteiger partial charge in [-0.15, -0.1) is 0 Å². The minimum absolute atomic E-state index is 0.241. The van der Waals surface area contributed by atoms with E-state index in [1.165, 1.54) is 6.07 Å². The van der Waals surface area contributed by atoms with Crippen LogP contribution in [0.4, 0.5) is 18.0 Å². The lowest BCUT2D eigenvalue weighted by Crippen LogP contribution is -2.32. The van der Waals surface area contributed by atoms with Gasteiger partial charge in [-0.2, -0.15) is 13.2 Å². The highest BCUT2D eigenvalue weighted by molar-refractivity contribution is 5.67. The van der Waals surface area contributed by atoms with E-state index in [1.807, 2.05) is 0 Å². The predicted octanol–water partition coefficient (Wildman–Crippen LogP) is 3.37. The Morgan fingerprint density at radius 2 is 2.00 bits per heavy atom. The van der Waals surface area contributed by atoms with E-state index in [0.29, 0.717) is 6.42 Å². The molecule has 0 aliphatic carbocycles. The number of halogens is 3. The number of nitrogens with one attached hydrogen (secondary N) is 1. The van der Waals surface area contributed by atoms with Crippen LogP contribution in [0.25, 0.3) is 0 Å². The molecule has 1 amide bonds. The zero-order valence-corrected chi connectivity index (χ0v) is 12.5. The van der Waals surface area contributed by atoms with Crippen molar-refractivity contribution in [3.8, 4) is 11.8 Å². The van der Waals surface area contributed by atoms with Crippen molar-refractivity contribution < 1.29 is 22.7 Å². The molecule has 0 aromatic carbocycles. The molecule has 0 bridgehead atoms. The van der Waals surface area contributed by atoms with Gasteiger partial charge in [0.2, 0.25) is 0 Å². The van der Waals surface area contributed by atoms with Crippen LogP contribution in [0.2, 0.25) is 0 Å². The number of alkyl carbamates (subject to hydrolysis) is 1. The van der Waals surface area contributed by atoms with Gasteiger partial charge in [-0.25, -0.2) is 9.78 Å². The van der Waals surface area contributed by atoms with Gasteiger partial charge in [0.1, 0.15) is 11.3 Å². The number of carbonyl (C=O) groups is 1. The number of hydrogen-bond donors (Lipinski definition) is 1. The zero-order chi connectivity index (χ0) is 16.8. The average Bonchev–Trinajstić information content (AvgIpc) is 2.35. The third kappa shape index (κ3) is 6.97. The Hall–Kier alpha value is -2.23. The molecule has 1 aromatic rings. The molecule has 0 saturated carbocycles. The average molecular weight is 314 g/mol. The Balaban J connectivity index is 2.41. The molecular weight excluding hydrogens is 297 g/mol. The second kappa shape index (κ2) is 7.16. The van der Waals surface area contributed by atoms with E-state index in [9.17, 15) is 18.0 Å². The summed E-state index contributed by atoms with van der Waals surface area (Å²) in [5.41, 5.74) is -1.14. The van der Waals surface area contributed by atoms with Gasteiger partial charge >= 0.3 is 12.3 Å². The maximum absolute atomic E-state index is 12.3. The summed E-state index contributed by atoms with van der Waals surface area (Å²) in [6.07, 6.45) is -3.87. The van der Waals surface area contributed by atoms with E-state index in [4.69, 9.17) is 4.74 Å². The summed E-state index contributed by atoms with van der Waals surface area (Å²) in [5, 5.41) is 2.52. The number of ether oxygens (including phenoxy) is 1. The Morgan fingerprint density at radius 1 is 1.32 bits per heavy atom. The molecule has 0 fully saturated rings. The van der Waals surface area contributed by atoms with Crippen LogP contribution in [0.3, 0.4) is 0 Å². The Bertz CT molecular complexity index is 564. The van der Waals surface area contributed by atoms with Crippen molar-refractivity contribution in [3.63, 3.8) is 0 Å². The van der Waals surface area contributed by atoms with E-state index in [0.717, 1.165) is 12.3 Å². The largest absolute Gasteiger partial charge is 0.444 e. The van der Waals surface area contributed by atoms with Crippen LogP contribution in [-0.4, -0.2) is 23.2 Å². The molecule has 0 aliphatic heterocycles. The van der Waals surface area contributed by atoms with Crippen molar-refractivity contribution in [2.24, 2.45) is 0 Å². The van der Waals surface area contributed by atoms with Crippen LogP contribution in [0, 0.1) is 11.8 Å². The summed E-state index contributed by atoms with van der Waals surface area (Å²) in [5.74, 6) is 5.34. The van der Waals surface area contributed by atoms with Gasteiger partial charge in [0.15, 0.2) is 0 Å². The van der Waals surface area contributed by atoms with E-state index < -0.39 is 23.4 Å². The highest BCUT2D eigenvalue weighted by Crippen LogP contribution is 2.28. The van der Waals surface area contributed by atoms with Crippen LogP contribution in [0.5, 0.6) is 0 Å². The third-order valence-corrected chi connectivity index (χ3v) is 2.23. The van der Waals surface area contributed by atoms with Crippen molar-refractivity contribution in [3.05, 3.63) is 29.6 Å². The lowest BCUT2D eigenvalue weighted by Gasteiger charge is -2.19. The fourth-order valence-corrected chi connectivity index (χ4v) is 1.33. The smallest absolute Gasteiger partial charge is 0.417 e. The number of aromatic nitrogens is 1. The first kappa shape index (κ1) is 17.8. The number of nitrogens with zero attached hydrogens (tertiary/aromatic N) is 1. The van der Waals surface area contributed by atoms with Crippen LogP contribution in [-0.2, 0) is 10.9 Å². The van der Waals surface area contributed by atoms with E-state index in [2.05, 4.69) is 22.1 Å². The van der Waals surface area contributed by atoms with Gasteiger partial charge in [0, 0.05) is 19.2 Å². The van der Waals surface area contributed by atoms with E-state index in [-0.39, 0.29) is 12.2 Å². The number of carbonyl (C=O) groups excluding carboxylic acids is 1. The molecule has 1 N–H and O–H groups in total. The summed E-state index contributed by atoms with van der Waals surface area (Å²) in [7, 11) is 0. The van der Waals surface area contributed by atoms with Gasteiger partial charge in [-0.1, -0.05) is 5.92 Å². The quantitative estimate of drug-likeness (QED) is 0.672. The Morgan fingerprint density at radius 3 is 2.50 bits per heavy atom. The first-order valence-electron chi connectivity index (χ1n) is 6.57. The molecule has 0 aliphatic rings. The summed E-state index contributed by atoms with van der Waals surface area (Å²) >= 11 is 0. The molecule has 0 radical (unpaired) electrons. The predicted molar refractivity (Wildman–Crippen MR) is 75.0 cm³/mol. The van der Waals surface area contributed by atoms with Crippen molar-refractivity contribution in [2.75, 3.05) is 6.54 Å². The maximum atomic E-state index is 12.3. The maximum Gasteiger partial charge on any atom is 0.417 e. The summed E-state index contributed by atoms with van der Waals surface area (Å²) in [6, 6.07) is 2.13. The summed E-state index contributed by atoms with van der Waals surface area (Å²) < 4.78 is 42.0. The van der Waals surface area contributed by atoms with E-state index in [1.54, 1.807) is 20.8 Å². The monoisotopic (exact) mass is 314 g/mol. The highest BCUT2D eigenvalue weighted by atomic mass is 19.4.